The summed E-state index contributed by atoms with van der Waals surface area (Å²) in [7, 11) is 0. The maximum Gasteiger partial charge on any atom is 0.327 e. The van der Waals surface area contributed by atoms with E-state index in [4.69, 9.17) is 9.47 Å². The van der Waals surface area contributed by atoms with E-state index in [9.17, 15) is 9.59 Å². The van der Waals surface area contributed by atoms with Gasteiger partial charge >= 0.3 is 11.9 Å². The Kier molecular flexibility index (Phi) is 6.54. The summed E-state index contributed by atoms with van der Waals surface area (Å²) in [6.07, 6.45) is 2.08. The third kappa shape index (κ3) is 3.08. The number of carbonyl (C=O) groups excluding carboxylic acids is 2. The van der Waals surface area contributed by atoms with E-state index in [0.717, 1.165) is 0 Å². The highest BCUT2D eigenvalue weighted by Gasteiger charge is 2.48. The van der Waals surface area contributed by atoms with E-state index < -0.39 is 17.4 Å². The van der Waals surface area contributed by atoms with Crippen LogP contribution in [0.5, 0.6) is 0 Å². The Morgan fingerprint density at radius 1 is 1.06 bits per heavy atom. The Hall–Kier alpha value is -1.32. The van der Waals surface area contributed by atoms with Crippen molar-refractivity contribution in [1.82, 2.24) is 0 Å². The second kappa shape index (κ2) is 7.09. The molecule has 0 aromatic heterocycles. The molecule has 0 saturated heterocycles. The largest absolute Gasteiger partial charge is 0.465 e. The molecule has 0 bridgehead atoms. The molecule has 0 aromatic rings. The van der Waals surface area contributed by atoms with Crippen LogP contribution in [-0.2, 0) is 19.1 Å². The molecular formula is C13H22O4. The highest BCUT2D eigenvalue weighted by Crippen LogP contribution is 2.34. The van der Waals surface area contributed by atoms with Crippen molar-refractivity contribution in [1.29, 1.82) is 0 Å². The van der Waals surface area contributed by atoms with Gasteiger partial charge in [0.1, 0.15) is 0 Å². The number of rotatable bonds is 6. The standard InChI is InChI=1S/C13H22O4/c1-6-10(5)13(7-2,11(14)16-8-3)12(15)17-9-4/h6H,7-9H2,1-5H3/b10-6+. The zero-order valence-electron chi connectivity index (χ0n) is 11.3. The van der Waals surface area contributed by atoms with Crippen molar-refractivity contribution >= 4 is 11.9 Å². The van der Waals surface area contributed by atoms with Crippen molar-refractivity contribution < 1.29 is 19.1 Å². The second-order valence-electron chi connectivity index (χ2n) is 3.67. The van der Waals surface area contributed by atoms with Crippen LogP contribution in [0.15, 0.2) is 11.6 Å². The van der Waals surface area contributed by atoms with Crippen LogP contribution < -0.4 is 0 Å². The summed E-state index contributed by atoms with van der Waals surface area (Å²) in [5.41, 5.74) is -0.627. The highest BCUT2D eigenvalue weighted by molar-refractivity contribution is 6.03. The lowest BCUT2D eigenvalue weighted by Gasteiger charge is -2.28. The molecule has 0 aliphatic rings. The van der Waals surface area contributed by atoms with Gasteiger partial charge in [-0.3, -0.25) is 9.59 Å². The zero-order valence-corrected chi connectivity index (χ0v) is 11.3. The number of hydrogen-bond acceptors (Lipinski definition) is 4. The molecule has 0 radical (unpaired) electrons. The lowest BCUT2D eigenvalue weighted by molar-refractivity contribution is -0.169. The minimum atomic E-state index is -1.29. The SMILES string of the molecule is C/C=C(\C)C(CC)(C(=O)OCC)C(=O)OCC. The molecule has 0 N–H and O–H groups in total. The first-order chi connectivity index (χ1) is 8.00. The van der Waals surface area contributed by atoms with Crippen LogP contribution in [0.4, 0.5) is 0 Å². The minimum Gasteiger partial charge on any atom is -0.465 e. The molecule has 0 amide bonds. The van der Waals surface area contributed by atoms with Gasteiger partial charge in [0.15, 0.2) is 5.41 Å². The van der Waals surface area contributed by atoms with E-state index >= 15 is 0 Å². The van der Waals surface area contributed by atoms with Gasteiger partial charge in [-0.05, 0) is 39.7 Å². The normalized spacial score (nSPS) is 12.2. The van der Waals surface area contributed by atoms with Crippen molar-refractivity contribution in [2.24, 2.45) is 5.41 Å². The topological polar surface area (TPSA) is 52.6 Å². The van der Waals surface area contributed by atoms with Gasteiger partial charge in [-0.25, -0.2) is 0 Å². The maximum absolute atomic E-state index is 12.0. The number of carbonyl (C=O) groups is 2. The van der Waals surface area contributed by atoms with Gasteiger partial charge in [0.05, 0.1) is 13.2 Å². The number of ether oxygens (including phenoxy) is 2. The van der Waals surface area contributed by atoms with E-state index in [1.165, 1.54) is 0 Å². The van der Waals surface area contributed by atoms with E-state index in [2.05, 4.69) is 0 Å². The van der Waals surface area contributed by atoms with Crippen LogP contribution in [0.1, 0.15) is 41.0 Å². The average molecular weight is 242 g/mol. The van der Waals surface area contributed by atoms with Crippen LogP contribution in [0, 0.1) is 5.41 Å². The maximum atomic E-state index is 12.0. The molecule has 0 heterocycles. The van der Waals surface area contributed by atoms with Crippen LogP contribution in [-0.4, -0.2) is 25.2 Å². The molecule has 4 heteroatoms. The molecule has 0 unspecified atom stereocenters. The van der Waals surface area contributed by atoms with Crippen LogP contribution in [0.25, 0.3) is 0 Å². The first kappa shape index (κ1) is 15.7. The fourth-order valence-corrected chi connectivity index (χ4v) is 1.73. The summed E-state index contributed by atoms with van der Waals surface area (Å²) in [5.74, 6) is -1.06. The van der Waals surface area contributed by atoms with Crippen molar-refractivity contribution in [3.63, 3.8) is 0 Å². The lowest BCUT2D eigenvalue weighted by Crippen LogP contribution is -2.42. The molecule has 17 heavy (non-hydrogen) atoms. The van der Waals surface area contributed by atoms with E-state index in [0.29, 0.717) is 12.0 Å². The van der Waals surface area contributed by atoms with Gasteiger partial charge in [-0.1, -0.05) is 13.0 Å². The third-order valence-corrected chi connectivity index (χ3v) is 2.88. The lowest BCUT2D eigenvalue weighted by atomic mass is 9.78. The molecule has 0 spiro atoms. The predicted molar refractivity (Wildman–Crippen MR) is 65.4 cm³/mol. The van der Waals surface area contributed by atoms with Crippen molar-refractivity contribution in [2.45, 2.75) is 41.0 Å². The molecule has 0 saturated carbocycles. The second-order valence-corrected chi connectivity index (χ2v) is 3.67. The molecule has 0 rings (SSSR count). The fourth-order valence-electron chi connectivity index (χ4n) is 1.73. The Labute approximate surface area is 103 Å². The third-order valence-electron chi connectivity index (χ3n) is 2.88. The van der Waals surface area contributed by atoms with Crippen molar-refractivity contribution in [3.8, 4) is 0 Å². The fraction of sp³-hybridized carbons (Fsp3) is 0.692. The average Bonchev–Trinajstić information content (AvgIpc) is 2.31. The summed E-state index contributed by atoms with van der Waals surface area (Å²) in [6, 6.07) is 0. The molecular weight excluding hydrogens is 220 g/mol. The number of esters is 2. The molecule has 0 aliphatic carbocycles. The predicted octanol–water partition coefficient (Wildman–Crippen LogP) is 2.48. The summed E-state index contributed by atoms with van der Waals surface area (Å²) in [5, 5.41) is 0. The van der Waals surface area contributed by atoms with Crippen LogP contribution >= 0.6 is 0 Å². The summed E-state index contributed by atoms with van der Waals surface area (Å²) < 4.78 is 10.0. The van der Waals surface area contributed by atoms with Crippen LogP contribution in [0.2, 0.25) is 0 Å². The van der Waals surface area contributed by atoms with Crippen molar-refractivity contribution in [3.05, 3.63) is 11.6 Å². The summed E-state index contributed by atoms with van der Waals surface area (Å²) >= 11 is 0. The Morgan fingerprint density at radius 3 is 1.71 bits per heavy atom. The Morgan fingerprint density at radius 2 is 1.47 bits per heavy atom. The molecule has 98 valence electrons. The van der Waals surface area contributed by atoms with Crippen molar-refractivity contribution in [2.75, 3.05) is 13.2 Å². The quantitative estimate of drug-likeness (QED) is 0.408. The zero-order chi connectivity index (χ0) is 13.5. The van der Waals surface area contributed by atoms with Gasteiger partial charge in [-0.15, -0.1) is 0 Å². The van der Waals surface area contributed by atoms with Gasteiger partial charge in [0.25, 0.3) is 0 Å². The van der Waals surface area contributed by atoms with Gasteiger partial charge in [0.2, 0.25) is 0 Å². The van der Waals surface area contributed by atoms with Gasteiger partial charge < -0.3 is 9.47 Å². The first-order valence-corrected chi connectivity index (χ1v) is 5.98. The van der Waals surface area contributed by atoms with E-state index in [1.807, 2.05) is 0 Å². The number of allylic oxidation sites excluding steroid dienone is 1. The molecule has 0 aromatic carbocycles. The minimum absolute atomic E-state index is 0.247. The molecule has 0 fully saturated rings. The van der Waals surface area contributed by atoms with E-state index in [-0.39, 0.29) is 13.2 Å². The van der Waals surface area contributed by atoms with E-state index in [1.54, 1.807) is 40.7 Å². The summed E-state index contributed by atoms with van der Waals surface area (Å²) in [6.45, 7) is 9.24. The smallest absolute Gasteiger partial charge is 0.327 e. The summed E-state index contributed by atoms with van der Waals surface area (Å²) in [4.78, 5) is 24.1. The Bertz CT molecular complexity index is 287. The number of hydrogen-bond donors (Lipinski definition) is 0. The Balaban J connectivity index is 5.45. The van der Waals surface area contributed by atoms with Crippen LogP contribution in [0.3, 0.4) is 0 Å². The monoisotopic (exact) mass is 242 g/mol. The first-order valence-electron chi connectivity index (χ1n) is 5.98. The molecule has 4 nitrogen and oxygen atoms in total. The molecule has 0 atom stereocenters. The van der Waals surface area contributed by atoms with Gasteiger partial charge in [0, 0.05) is 0 Å². The van der Waals surface area contributed by atoms with Gasteiger partial charge in [-0.2, -0.15) is 0 Å². The molecule has 0 aliphatic heterocycles. The highest BCUT2D eigenvalue weighted by atomic mass is 16.6.